The molecular weight excluding hydrogens is 404 g/mol. The van der Waals surface area contributed by atoms with Gasteiger partial charge in [0.05, 0.1) is 17.3 Å². The second kappa shape index (κ2) is 8.30. The van der Waals surface area contributed by atoms with Crippen molar-refractivity contribution in [2.24, 2.45) is 0 Å². The zero-order valence-corrected chi connectivity index (χ0v) is 17.7. The Morgan fingerprint density at radius 1 is 1.03 bits per heavy atom. The van der Waals surface area contributed by atoms with Gasteiger partial charge in [0.1, 0.15) is 5.69 Å². The van der Waals surface area contributed by atoms with Crippen molar-refractivity contribution in [3.05, 3.63) is 89.7 Å². The highest BCUT2D eigenvalue weighted by atomic mass is 16.5. The SMILES string of the molecule is C[C@@H](OC(=O)c1cc(-c2ccco2)nc2ccccc12)C(=O)N1CCc2ccccc2C1. The number of carbonyl (C=O) groups is 2. The molecule has 0 aliphatic carbocycles. The number of pyridine rings is 1. The molecule has 1 amide bonds. The monoisotopic (exact) mass is 426 g/mol. The molecule has 0 bridgehead atoms. The molecule has 0 unspecified atom stereocenters. The van der Waals surface area contributed by atoms with E-state index in [1.54, 1.807) is 36.3 Å². The van der Waals surface area contributed by atoms with Crippen LogP contribution in [0, 0.1) is 0 Å². The van der Waals surface area contributed by atoms with E-state index in [0.29, 0.717) is 41.0 Å². The first-order chi connectivity index (χ1) is 15.6. The Bertz CT molecular complexity index is 1300. The van der Waals surface area contributed by atoms with E-state index in [9.17, 15) is 9.59 Å². The summed E-state index contributed by atoms with van der Waals surface area (Å²) in [6.07, 6.45) is 1.46. The number of aromatic nitrogens is 1. The van der Waals surface area contributed by atoms with Crippen molar-refractivity contribution in [3.8, 4) is 11.5 Å². The summed E-state index contributed by atoms with van der Waals surface area (Å²) in [5, 5.41) is 0.666. The molecule has 0 fully saturated rings. The Labute approximate surface area is 185 Å². The maximum Gasteiger partial charge on any atom is 0.339 e. The van der Waals surface area contributed by atoms with Gasteiger partial charge >= 0.3 is 5.97 Å². The second-order valence-corrected chi connectivity index (χ2v) is 7.88. The first-order valence-corrected chi connectivity index (χ1v) is 10.6. The number of benzene rings is 2. The quantitative estimate of drug-likeness (QED) is 0.445. The number of furan rings is 1. The molecule has 0 N–H and O–H groups in total. The highest BCUT2D eigenvalue weighted by Crippen LogP contribution is 2.26. The summed E-state index contributed by atoms with van der Waals surface area (Å²) < 4.78 is 11.1. The molecule has 1 atom stereocenters. The van der Waals surface area contributed by atoms with Crippen LogP contribution < -0.4 is 0 Å². The zero-order chi connectivity index (χ0) is 22.1. The molecule has 3 heterocycles. The lowest BCUT2D eigenvalue weighted by Gasteiger charge is -2.30. The van der Waals surface area contributed by atoms with E-state index in [4.69, 9.17) is 9.15 Å². The molecule has 160 valence electrons. The van der Waals surface area contributed by atoms with Crippen LogP contribution in [0.5, 0.6) is 0 Å². The molecule has 4 aromatic rings. The number of rotatable bonds is 4. The number of ether oxygens (including phenoxy) is 1. The maximum atomic E-state index is 13.1. The number of hydrogen-bond acceptors (Lipinski definition) is 5. The van der Waals surface area contributed by atoms with Crippen molar-refractivity contribution in [3.63, 3.8) is 0 Å². The number of nitrogens with zero attached hydrogens (tertiary/aromatic N) is 2. The van der Waals surface area contributed by atoms with E-state index in [2.05, 4.69) is 11.1 Å². The van der Waals surface area contributed by atoms with Gasteiger partial charge in [0.25, 0.3) is 5.91 Å². The van der Waals surface area contributed by atoms with Gasteiger partial charge in [-0.1, -0.05) is 42.5 Å². The largest absolute Gasteiger partial charge is 0.463 e. The average Bonchev–Trinajstić information content (AvgIpc) is 3.37. The van der Waals surface area contributed by atoms with Crippen LogP contribution >= 0.6 is 0 Å². The minimum Gasteiger partial charge on any atom is -0.463 e. The van der Waals surface area contributed by atoms with E-state index in [1.807, 2.05) is 42.5 Å². The van der Waals surface area contributed by atoms with Gasteiger partial charge in [-0.3, -0.25) is 4.79 Å². The van der Waals surface area contributed by atoms with E-state index < -0.39 is 12.1 Å². The Kier molecular flexibility index (Phi) is 5.19. The molecule has 0 saturated carbocycles. The van der Waals surface area contributed by atoms with Crippen molar-refractivity contribution in [1.29, 1.82) is 0 Å². The lowest BCUT2D eigenvalue weighted by molar-refractivity contribution is -0.140. The van der Waals surface area contributed by atoms with Crippen LogP contribution in [0.2, 0.25) is 0 Å². The van der Waals surface area contributed by atoms with Gasteiger partial charge in [-0.15, -0.1) is 0 Å². The van der Waals surface area contributed by atoms with Crippen molar-refractivity contribution in [2.75, 3.05) is 6.54 Å². The van der Waals surface area contributed by atoms with Crippen LogP contribution in [-0.2, 0) is 22.5 Å². The molecule has 1 aliphatic heterocycles. The third kappa shape index (κ3) is 3.75. The molecule has 2 aromatic heterocycles. The number of amides is 1. The zero-order valence-electron chi connectivity index (χ0n) is 17.7. The number of esters is 1. The van der Waals surface area contributed by atoms with Crippen molar-refractivity contribution >= 4 is 22.8 Å². The number of para-hydroxylation sites is 1. The predicted molar refractivity (Wildman–Crippen MR) is 120 cm³/mol. The average molecular weight is 426 g/mol. The molecule has 6 nitrogen and oxygen atoms in total. The molecule has 1 aliphatic rings. The summed E-state index contributed by atoms with van der Waals surface area (Å²) in [6.45, 7) is 2.76. The molecule has 0 saturated heterocycles. The molecular formula is C26H22N2O4. The molecule has 0 spiro atoms. The summed E-state index contributed by atoms with van der Waals surface area (Å²) in [4.78, 5) is 32.5. The topological polar surface area (TPSA) is 72.6 Å². The Hall–Kier alpha value is -3.93. The summed E-state index contributed by atoms with van der Waals surface area (Å²) in [7, 11) is 0. The molecule has 0 radical (unpaired) electrons. The van der Waals surface area contributed by atoms with Crippen LogP contribution in [0.15, 0.2) is 77.4 Å². The van der Waals surface area contributed by atoms with Crippen LogP contribution in [0.4, 0.5) is 0 Å². The van der Waals surface area contributed by atoms with E-state index >= 15 is 0 Å². The van der Waals surface area contributed by atoms with Crippen LogP contribution in [-0.4, -0.2) is 34.4 Å². The Morgan fingerprint density at radius 2 is 1.81 bits per heavy atom. The highest BCUT2D eigenvalue weighted by molar-refractivity contribution is 6.05. The third-order valence-electron chi connectivity index (χ3n) is 5.78. The van der Waals surface area contributed by atoms with E-state index in [1.165, 1.54) is 5.56 Å². The third-order valence-corrected chi connectivity index (χ3v) is 5.78. The molecule has 5 rings (SSSR count). The van der Waals surface area contributed by atoms with Gasteiger partial charge in [0.2, 0.25) is 0 Å². The Morgan fingerprint density at radius 3 is 2.62 bits per heavy atom. The van der Waals surface area contributed by atoms with Crippen molar-refractivity contribution < 1.29 is 18.7 Å². The number of hydrogen-bond donors (Lipinski definition) is 0. The van der Waals surface area contributed by atoms with E-state index in [0.717, 1.165) is 12.0 Å². The van der Waals surface area contributed by atoms with Gasteiger partial charge in [-0.25, -0.2) is 9.78 Å². The molecule has 2 aromatic carbocycles. The smallest absolute Gasteiger partial charge is 0.339 e. The van der Waals surface area contributed by atoms with Gasteiger partial charge in [-0.05, 0) is 48.7 Å². The fourth-order valence-corrected chi connectivity index (χ4v) is 4.11. The summed E-state index contributed by atoms with van der Waals surface area (Å²) in [6, 6.07) is 20.7. The second-order valence-electron chi connectivity index (χ2n) is 7.88. The summed E-state index contributed by atoms with van der Waals surface area (Å²) in [5.74, 6) is -0.201. The first-order valence-electron chi connectivity index (χ1n) is 10.6. The standard InChI is InChI=1S/C26H22N2O4/c1-17(25(29)28-13-12-18-7-2-3-8-19(18)16-28)32-26(30)21-15-23(24-11-6-14-31-24)27-22-10-5-4-9-20(21)22/h2-11,14-15,17H,12-13,16H2,1H3/t17-/m1/s1. The maximum absolute atomic E-state index is 13.1. The van der Waals surface area contributed by atoms with Gasteiger partial charge in [0.15, 0.2) is 11.9 Å². The van der Waals surface area contributed by atoms with Crippen molar-refractivity contribution in [2.45, 2.75) is 26.0 Å². The minimum atomic E-state index is -0.897. The lowest BCUT2D eigenvalue weighted by atomic mass is 9.99. The molecule has 32 heavy (non-hydrogen) atoms. The van der Waals surface area contributed by atoms with Gasteiger partial charge < -0.3 is 14.1 Å². The van der Waals surface area contributed by atoms with Gasteiger partial charge in [-0.2, -0.15) is 0 Å². The fourth-order valence-electron chi connectivity index (χ4n) is 4.11. The van der Waals surface area contributed by atoms with E-state index in [-0.39, 0.29) is 5.91 Å². The minimum absolute atomic E-state index is 0.197. The Balaban J connectivity index is 1.38. The summed E-state index contributed by atoms with van der Waals surface area (Å²) >= 11 is 0. The fraction of sp³-hybridized carbons (Fsp3) is 0.192. The number of fused-ring (bicyclic) bond motifs is 2. The van der Waals surface area contributed by atoms with Crippen molar-refractivity contribution in [1.82, 2.24) is 9.88 Å². The number of carbonyl (C=O) groups excluding carboxylic acids is 2. The predicted octanol–water partition coefficient (Wildman–Crippen LogP) is 4.63. The van der Waals surface area contributed by atoms with Gasteiger partial charge in [0, 0.05) is 18.5 Å². The normalized spacial score (nSPS) is 14.1. The van der Waals surface area contributed by atoms with Crippen LogP contribution in [0.1, 0.15) is 28.4 Å². The van der Waals surface area contributed by atoms with Crippen LogP contribution in [0.25, 0.3) is 22.4 Å². The highest BCUT2D eigenvalue weighted by Gasteiger charge is 2.28. The van der Waals surface area contributed by atoms with Crippen LogP contribution in [0.3, 0.4) is 0 Å². The first kappa shape index (κ1) is 20.0. The lowest BCUT2D eigenvalue weighted by Crippen LogP contribution is -2.42. The summed E-state index contributed by atoms with van der Waals surface area (Å²) in [5.41, 5.74) is 3.93. The molecule has 6 heteroatoms.